The molecule has 0 N–H and O–H groups in total. The van der Waals surface area contributed by atoms with E-state index in [2.05, 4.69) is 5.10 Å². The standard InChI is InChI=1S/C21H21ClN2O3S/c1-26-18-6-3-2-5-16(18)21(25)24-14(8-9-15-10-11-20(22)28-15)13-17(23-24)19-7-4-12-27-19/h2-3,5-6,10-11,13,19H,4,7-9,12H2,1H3. The normalized spacial score (nSPS) is 16.4. The molecule has 4 rings (SSSR count). The predicted molar refractivity (Wildman–Crippen MR) is 110 cm³/mol. The van der Waals surface area contributed by atoms with Crippen LogP contribution in [0.3, 0.4) is 0 Å². The highest BCUT2D eigenvalue weighted by atomic mass is 35.5. The van der Waals surface area contributed by atoms with Crippen LogP contribution in [0.15, 0.2) is 42.5 Å². The van der Waals surface area contributed by atoms with Gasteiger partial charge in [0.05, 0.1) is 22.7 Å². The van der Waals surface area contributed by atoms with Gasteiger partial charge in [-0.25, -0.2) is 4.68 Å². The molecule has 7 heteroatoms. The highest BCUT2D eigenvalue weighted by molar-refractivity contribution is 7.16. The molecule has 1 aliphatic heterocycles. The SMILES string of the molecule is COc1ccccc1C(=O)n1nc(C2CCCO2)cc1CCc1ccc(Cl)s1. The van der Waals surface area contributed by atoms with Crippen LogP contribution < -0.4 is 4.74 Å². The van der Waals surface area contributed by atoms with Crippen LogP contribution in [-0.4, -0.2) is 29.4 Å². The minimum absolute atomic E-state index is 0.0401. The van der Waals surface area contributed by atoms with Crippen molar-refractivity contribution in [2.45, 2.75) is 31.8 Å². The summed E-state index contributed by atoms with van der Waals surface area (Å²) in [6, 6.07) is 13.1. The maximum absolute atomic E-state index is 13.3. The van der Waals surface area contributed by atoms with Gasteiger partial charge in [-0.05, 0) is 56.0 Å². The summed E-state index contributed by atoms with van der Waals surface area (Å²) >= 11 is 7.61. The van der Waals surface area contributed by atoms with Crippen molar-refractivity contribution in [3.05, 3.63) is 68.6 Å². The van der Waals surface area contributed by atoms with Crippen molar-refractivity contribution >= 4 is 28.8 Å². The Bertz CT molecular complexity index is 976. The second-order valence-corrected chi connectivity index (χ2v) is 8.48. The molecule has 0 radical (unpaired) electrons. The zero-order chi connectivity index (χ0) is 19.5. The predicted octanol–water partition coefficient (Wildman–Crippen LogP) is 4.93. The summed E-state index contributed by atoms with van der Waals surface area (Å²) in [6.45, 7) is 0.737. The first-order chi connectivity index (χ1) is 13.7. The first-order valence-corrected chi connectivity index (χ1v) is 10.5. The van der Waals surface area contributed by atoms with Gasteiger partial charge in [0, 0.05) is 17.2 Å². The molecule has 5 nitrogen and oxygen atoms in total. The molecule has 0 saturated carbocycles. The lowest BCUT2D eigenvalue weighted by Crippen LogP contribution is -2.18. The number of aryl methyl sites for hydroxylation is 2. The lowest BCUT2D eigenvalue weighted by molar-refractivity contribution is 0.0926. The van der Waals surface area contributed by atoms with E-state index in [0.717, 1.165) is 41.6 Å². The molecule has 1 fully saturated rings. The van der Waals surface area contributed by atoms with Gasteiger partial charge in [0.1, 0.15) is 11.9 Å². The van der Waals surface area contributed by atoms with E-state index in [4.69, 9.17) is 21.1 Å². The first-order valence-electron chi connectivity index (χ1n) is 9.28. The maximum Gasteiger partial charge on any atom is 0.282 e. The molecule has 0 spiro atoms. The lowest BCUT2D eigenvalue weighted by atomic mass is 10.1. The Morgan fingerprint density at radius 3 is 2.89 bits per heavy atom. The smallest absolute Gasteiger partial charge is 0.282 e. The maximum atomic E-state index is 13.3. The molecule has 0 aliphatic carbocycles. The van der Waals surface area contributed by atoms with Crippen molar-refractivity contribution in [2.24, 2.45) is 0 Å². The van der Waals surface area contributed by atoms with Crippen LogP contribution in [-0.2, 0) is 17.6 Å². The fourth-order valence-electron chi connectivity index (χ4n) is 3.44. The topological polar surface area (TPSA) is 53.4 Å². The zero-order valence-corrected chi connectivity index (χ0v) is 17.1. The van der Waals surface area contributed by atoms with Gasteiger partial charge in [0.2, 0.25) is 0 Å². The fourth-order valence-corrected chi connectivity index (χ4v) is 4.52. The number of halogens is 1. The van der Waals surface area contributed by atoms with Crippen molar-refractivity contribution in [1.82, 2.24) is 9.78 Å². The summed E-state index contributed by atoms with van der Waals surface area (Å²) in [5, 5.41) is 4.63. The summed E-state index contributed by atoms with van der Waals surface area (Å²) in [5.41, 5.74) is 2.18. The molecule has 28 heavy (non-hydrogen) atoms. The minimum atomic E-state index is -0.194. The van der Waals surface area contributed by atoms with Gasteiger partial charge in [-0.3, -0.25) is 4.79 Å². The van der Waals surface area contributed by atoms with Crippen molar-refractivity contribution < 1.29 is 14.3 Å². The van der Waals surface area contributed by atoms with Gasteiger partial charge in [-0.2, -0.15) is 5.10 Å². The number of nitrogens with zero attached hydrogens (tertiary/aromatic N) is 2. The van der Waals surface area contributed by atoms with Crippen LogP contribution in [0.5, 0.6) is 5.75 Å². The number of carbonyl (C=O) groups is 1. The summed E-state index contributed by atoms with van der Waals surface area (Å²) < 4.78 is 13.4. The quantitative estimate of drug-likeness (QED) is 0.571. The second kappa shape index (κ2) is 8.47. The molecular formula is C21H21ClN2O3S. The summed E-state index contributed by atoms with van der Waals surface area (Å²) in [5.74, 6) is 0.346. The van der Waals surface area contributed by atoms with Gasteiger partial charge in [-0.1, -0.05) is 23.7 Å². The highest BCUT2D eigenvalue weighted by Gasteiger charge is 2.25. The molecule has 3 heterocycles. The molecule has 1 unspecified atom stereocenters. The van der Waals surface area contributed by atoms with Crippen LogP contribution in [0.4, 0.5) is 0 Å². The molecule has 0 bridgehead atoms. The van der Waals surface area contributed by atoms with Gasteiger partial charge >= 0.3 is 0 Å². The molecule has 1 atom stereocenters. The number of rotatable bonds is 6. The number of para-hydroxylation sites is 1. The van der Waals surface area contributed by atoms with Crippen molar-refractivity contribution in [2.75, 3.05) is 13.7 Å². The Hall–Kier alpha value is -2.15. The number of ether oxygens (including phenoxy) is 2. The van der Waals surface area contributed by atoms with E-state index in [-0.39, 0.29) is 12.0 Å². The van der Waals surface area contributed by atoms with Crippen LogP contribution in [0.2, 0.25) is 4.34 Å². The summed E-state index contributed by atoms with van der Waals surface area (Å²) in [4.78, 5) is 14.4. The van der Waals surface area contributed by atoms with Crippen LogP contribution in [0.1, 0.15) is 45.6 Å². The minimum Gasteiger partial charge on any atom is -0.496 e. The third-order valence-corrected chi connectivity index (χ3v) is 6.14. The molecular weight excluding hydrogens is 396 g/mol. The van der Waals surface area contributed by atoms with Crippen molar-refractivity contribution in [1.29, 1.82) is 0 Å². The van der Waals surface area contributed by atoms with Crippen LogP contribution in [0, 0.1) is 0 Å². The Kier molecular flexibility index (Phi) is 5.80. The van der Waals surface area contributed by atoms with Crippen molar-refractivity contribution in [3.63, 3.8) is 0 Å². The lowest BCUT2D eigenvalue weighted by Gasteiger charge is -2.09. The molecule has 3 aromatic rings. The Morgan fingerprint density at radius 1 is 1.32 bits per heavy atom. The van der Waals surface area contributed by atoms with Crippen LogP contribution >= 0.6 is 22.9 Å². The number of methoxy groups -OCH3 is 1. The second-order valence-electron chi connectivity index (χ2n) is 6.69. The number of benzene rings is 1. The molecule has 1 aliphatic rings. The van der Waals surface area contributed by atoms with Gasteiger partial charge < -0.3 is 9.47 Å². The Balaban J connectivity index is 1.66. The average molecular weight is 417 g/mol. The van der Waals surface area contributed by atoms with E-state index in [1.807, 2.05) is 30.3 Å². The monoisotopic (exact) mass is 416 g/mol. The van der Waals surface area contributed by atoms with E-state index in [1.165, 1.54) is 9.56 Å². The Morgan fingerprint density at radius 2 is 2.18 bits per heavy atom. The molecule has 0 amide bonds. The summed E-state index contributed by atoms with van der Waals surface area (Å²) in [7, 11) is 1.56. The molecule has 1 aromatic carbocycles. The molecule has 146 valence electrons. The van der Waals surface area contributed by atoms with E-state index >= 15 is 0 Å². The largest absolute Gasteiger partial charge is 0.496 e. The van der Waals surface area contributed by atoms with E-state index in [9.17, 15) is 4.79 Å². The van der Waals surface area contributed by atoms with E-state index in [0.29, 0.717) is 17.7 Å². The number of aromatic nitrogens is 2. The molecule has 1 saturated heterocycles. The average Bonchev–Trinajstić information content (AvgIpc) is 3.46. The van der Waals surface area contributed by atoms with E-state index in [1.54, 1.807) is 30.6 Å². The third-order valence-electron chi connectivity index (χ3n) is 4.85. The molecule has 2 aromatic heterocycles. The number of thiophene rings is 1. The van der Waals surface area contributed by atoms with Gasteiger partial charge in [-0.15, -0.1) is 11.3 Å². The highest BCUT2D eigenvalue weighted by Crippen LogP contribution is 2.30. The van der Waals surface area contributed by atoms with Gasteiger partial charge in [0.25, 0.3) is 5.91 Å². The van der Waals surface area contributed by atoms with Gasteiger partial charge in [0.15, 0.2) is 0 Å². The van der Waals surface area contributed by atoms with E-state index < -0.39 is 0 Å². The third kappa shape index (κ3) is 3.99. The summed E-state index contributed by atoms with van der Waals surface area (Å²) in [6.07, 6.45) is 3.40. The number of hydrogen-bond donors (Lipinski definition) is 0. The number of carbonyl (C=O) groups excluding carboxylic acids is 1. The Labute approximate surface area is 172 Å². The fraction of sp³-hybridized carbons (Fsp3) is 0.333. The zero-order valence-electron chi connectivity index (χ0n) is 15.6. The van der Waals surface area contributed by atoms with Crippen LogP contribution in [0.25, 0.3) is 0 Å². The first kappa shape index (κ1) is 19.2. The number of hydrogen-bond acceptors (Lipinski definition) is 5. The van der Waals surface area contributed by atoms with Crippen molar-refractivity contribution in [3.8, 4) is 5.75 Å².